The molecule has 0 saturated heterocycles. The molecule has 1 atom stereocenters. The molecule has 0 spiro atoms. The van der Waals surface area contributed by atoms with Crippen molar-refractivity contribution in [3.8, 4) is 5.75 Å². The fourth-order valence-corrected chi connectivity index (χ4v) is 3.82. The van der Waals surface area contributed by atoms with Crippen molar-refractivity contribution in [3.05, 3.63) is 61.5 Å². The SMILES string of the molecule is CCCCNC(=O)[C@H](C)N(Cc1ccc(Cl)c(Cl)c1)C(=O)COc1ccc(Br)cc1Cl. The van der Waals surface area contributed by atoms with Crippen molar-refractivity contribution in [2.45, 2.75) is 39.3 Å². The predicted octanol–water partition coefficient (Wildman–Crippen LogP) is 6.12. The molecule has 0 unspecified atom stereocenters. The Bertz CT molecular complexity index is 927. The molecule has 31 heavy (non-hydrogen) atoms. The first-order valence-corrected chi connectivity index (χ1v) is 11.7. The normalized spacial score (nSPS) is 11.7. The molecule has 0 bridgehead atoms. The summed E-state index contributed by atoms with van der Waals surface area (Å²) >= 11 is 21.6. The average molecular weight is 551 g/mol. The van der Waals surface area contributed by atoms with Gasteiger partial charge in [0.1, 0.15) is 11.8 Å². The van der Waals surface area contributed by atoms with Gasteiger partial charge in [0.2, 0.25) is 5.91 Å². The number of amides is 2. The largest absolute Gasteiger partial charge is 0.482 e. The Morgan fingerprint density at radius 2 is 1.84 bits per heavy atom. The van der Waals surface area contributed by atoms with Crippen LogP contribution in [0.25, 0.3) is 0 Å². The lowest BCUT2D eigenvalue weighted by atomic mass is 10.1. The highest BCUT2D eigenvalue weighted by molar-refractivity contribution is 9.10. The van der Waals surface area contributed by atoms with Gasteiger partial charge in [0, 0.05) is 17.6 Å². The zero-order chi connectivity index (χ0) is 23.0. The van der Waals surface area contributed by atoms with Crippen LogP contribution in [0.15, 0.2) is 40.9 Å². The number of benzene rings is 2. The Kier molecular flexibility index (Phi) is 10.4. The van der Waals surface area contributed by atoms with Crippen LogP contribution >= 0.6 is 50.7 Å². The monoisotopic (exact) mass is 548 g/mol. The van der Waals surface area contributed by atoms with Crippen LogP contribution in [0.4, 0.5) is 0 Å². The van der Waals surface area contributed by atoms with Crippen LogP contribution in [0.2, 0.25) is 15.1 Å². The molecule has 2 aromatic rings. The third kappa shape index (κ3) is 7.86. The number of unbranched alkanes of at least 4 members (excludes halogenated alkanes) is 1. The lowest BCUT2D eigenvalue weighted by Gasteiger charge is -2.29. The van der Waals surface area contributed by atoms with E-state index in [0.717, 1.165) is 22.9 Å². The summed E-state index contributed by atoms with van der Waals surface area (Å²) in [6.07, 6.45) is 1.83. The average Bonchev–Trinajstić information content (AvgIpc) is 2.73. The van der Waals surface area contributed by atoms with E-state index in [0.29, 0.717) is 27.4 Å². The molecule has 0 saturated carbocycles. The topological polar surface area (TPSA) is 58.6 Å². The highest BCUT2D eigenvalue weighted by Gasteiger charge is 2.26. The lowest BCUT2D eigenvalue weighted by Crippen LogP contribution is -2.49. The number of hydrogen-bond donors (Lipinski definition) is 1. The number of carbonyl (C=O) groups excluding carboxylic acids is 2. The van der Waals surface area contributed by atoms with Crippen molar-refractivity contribution < 1.29 is 14.3 Å². The van der Waals surface area contributed by atoms with Gasteiger partial charge in [-0.25, -0.2) is 0 Å². The summed E-state index contributed by atoms with van der Waals surface area (Å²) in [5.41, 5.74) is 0.748. The van der Waals surface area contributed by atoms with Crippen molar-refractivity contribution >= 4 is 62.5 Å². The Labute approximate surface area is 206 Å². The molecule has 1 N–H and O–H groups in total. The minimum absolute atomic E-state index is 0.176. The van der Waals surface area contributed by atoms with E-state index in [9.17, 15) is 9.59 Å². The lowest BCUT2D eigenvalue weighted by molar-refractivity contribution is -0.142. The molecule has 0 aliphatic rings. The number of nitrogens with one attached hydrogen (secondary N) is 1. The second kappa shape index (κ2) is 12.5. The molecular weight excluding hydrogens is 527 g/mol. The van der Waals surface area contributed by atoms with E-state index >= 15 is 0 Å². The number of ether oxygens (including phenoxy) is 1. The molecule has 2 amide bonds. The fourth-order valence-electron chi connectivity index (χ4n) is 2.77. The van der Waals surface area contributed by atoms with Crippen LogP contribution in [-0.4, -0.2) is 35.9 Å². The second-order valence-electron chi connectivity index (χ2n) is 6.95. The van der Waals surface area contributed by atoms with E-state index in [-0.39, 0.29) is 25.0 Å². The van der Waals surface area contributed by atoms with E-state index in [4.69, 9.17) is 39.5 Å². The van der Waals surface area contributed by atoms with Crippen molar-refractivity contribution in [3.63, 3.8) is 0 Å². The molecule has 0 heterocycles. The summed E-state index contributed by atoms with van der Waals surface area (Å²) < 4.78 is 6.42. The highest BCUT2D eigenvalue weighted by Crippen LogP contribution is 2.28. The number of carbonyl (C=O) groups is 2. The zero-order valence-electron chi connectivity index (χ0n) is 17.3. The van der Waals surface area contributed by atoms with Gasteiger partial charge >= 0.3 is 0 Å². The molecular formula is C22H24BrCl3N2O3. The molecule has 2 aromatic carbocycles. The van der Waals surface area contributed by atoms with Gasteiger partial charge in [0.25, 0.3) is 5.91 Å². The first-order valence-electron chi connectivity index (χ1n) is 9.81. The van der Waals surface area contributed by atoms with E-state index in [1.54, 1.807) is 43.3 Å². The number of rotatable bonds is 10. The quantitative estimate of drug-likeness (QED) is 0.363. The van der Waals surface area contributed by atoms with E-state index in [2.05, 4.69) is 21.2 Å². The standard InChI is InChI=1S/C22H24BrCl3N2O3/c1-3-4-9-27-22(30)14(2)28(12-15-5-7-17(24)18(25)10-15)21(29)13-31-20-8-6-16(23)11-19(20)26/h5-8,10-11,14H,3-4,9,12-13H2,1-2H3,(H,27,30)/t14-/m0/s1. The molecule has 2 rings (SSSR count). The van der Waals surface area contributed by atoms with Gasteiger partial charge in [-0.05, 0) is 49.2 Å². The molecule has 9 heteroatoms. The van der Waals surface area contributed by atoms with Crippen LogP contribution in [0.1, 0.15) is 32.3 Å². The zero-order valence-corrected chi connectivity index (χ0v) is 21.1. The summed E-state index contributed by atoms with van der Waals surface area (Å²) in [6, 6.07) is 9.51. The Morgan fingerprint density at radius 1 is 1.10 bits per heavy atom. The van der Waals surface area contributed by atoms with Gasteiger partial charge in [0.05, 0.1) is 15.1 Å². The maximum absolute atomic E-state index is 13.0. The van der Waals surface area contributed by atoms with Crippen LogP contribution < -0.4 is 10.1 Å². The van der Waals surface area contributed by atoms with Gasteiger partial charge in [-0.1, -0.05) is 70.1 Å². The van der Waals surface area contributed by atoms with Gasteiger partial charge in [-0.3, -0.25) is 9.59 Å². The smallest absolute Gasteiger partial charge is 0.261 e. The number of hydrogen-bond acceptors (Lipinski definition) is 3. The first kappa shape index (κ1) is 25.8. The summed E-state index contributed by atoms with van der Waals surface area (Å²) in [5, 5.41) is 4.04. The van der Waals surface area contributed by atoms with E-state index in [1.807, 2.05) is 6.92 Å². The Balaban J connectivity index is 2.17. The van der Waals surface area contributed by atoms with E-state index in [1.165, 1.54) is 4.90 Å². The highest BCUT2D eigenvalue weighted by atomic mass is 79.9. The number of nitrogens with zero attached hydrogens (tertiary/aromatic N) is 1. The van der Waals surface area contributed by atoms with Crippen LogP contribution in [0, 0.1) is 0 Å². The summed E-state index contributed by atoms with van der Waals surface area (Å²) in [7, 11) is 0. The summed E-state index contributed by atoms with van der Waals surface area (Å²) in [5.74, 6) is -0.209. The third-order valence-corrected chi connectivity index (χ3v) is 6.11. The molecule has 168 valence electrons. The maximum Gasteiger partial charge on any atom is 0.261 e. The van der Waals surface area contributed by atoms with E-state index < -0.39 is 6.04 Å². The Hall–Kier alpha value is -1.47. The maximum atomic E-state index is 13.0. The summed E-state index contributed by atoms with van der Waals surface area (Å²) in [6.45, 7) is 4.19. The third-order valence-electron chi connectivity index (χ3n) is 4.58. The minimum atomic E-state index is -0.706. The van der Waals surface area contributed by atoms with Gasteiger partial charge in [-0.2, -0.15) is 0 Å². The number of halogens is 4. The Morgan fingerprint density at radius 3 is 2.48 bits per heavy atom. The van der Waals surface area contributed by atoms with Crippen LogP contribution in [0.5, 0.6) is 5.75 Å². The van der Waals surface area contributed by atoms with Crippen molar-refractivity contribution in [1.82, 2.24) is 10.2 Å². The molecule has 0 fully saturated rings. The fraction of sp³-hybridized carbons (Fsp3) is 0.364. The van der Waals surface area contributed by atoms with Crippen molar-refractivity contribution in [2.75, 3.05) is 13.2 Å². The molecule has 5 nitrogen and oxygen atoms in total. The first-order chi connectivity index (χ1) is 14.7. The molecule has 0 aromatic heterocycles. The molecule has 0 aliphatic carbocycles. The molecule has 0 radical (unpaired) electrons. The minimum Gasteiger partial charge on any atom is -0.482 e. The van der Waals surface area contributed by atoms with Crippen molar-refractivity contribution in [1.29, 1.82) is 0 Å². The van der Waals surface area contributed by atoms with Crippen molar-refractivity contribution in [2.24, 2.45) is 0 Å². The van der Waals surface area contributed by atoms with Gasteiger partial charge < -0.3 is 15.0 Å². The van der Waals surface area contributed by atoms with Gasteiger partial charge in [-0.15, -0.1) is 0 Å². The van der Waals surface area contributed by atoms with Gasteiger partial charge in [0.15, 0.2) is 6.61 Å². The predicted molar refractivity (Wildman–Crippen MR) is 129 cm³/mol. The van der Waals surface area contributed by atoms with Crippen LogP contribution in [0.3, 0.4) is 0 Å². The van der Waals surface area contributed by atoms with Crippen LogP contribution in [-0.2, 0) is 16.1 Å². The summed E-state index contributed by atoms with van der Waals surface area (Å²) in [4.78, 5) is 27.1. The molecule has 0 aliphatic heterocycles. The second-order valence-corrected chi connectivity index (χ2v) is 9.09.